The minimum Gasteiger partial charge on any atom is -0.325 e. The summed E-state index contributed by atoms with van der Waals surface area (Å²) in [6.45, 7) is 6.12. The van der Waals surface area contributed by atoms with Gasteiger partial charge in [0.15, 0.2) is 0 Å². The molecule has 0 saturated heterocycles. The molecule has 0 bridgehead atoms. The van der Waals surface area contributed by atoms with E-state index in [4.69, 9.17) is 0 Å². The van der Waals surface area contributed by atoms with Crippen LogP contribution in [0.3, 0.4) is 0 Å². The number of anilines is 2. The van der Waals surface area contributed by atoms with Gasteiger partial charge in [-0.15, -0.1) is 11.3 Å². The van der Waals surface area contributed by atoms with Crippen LogP contribution in [0.5, 0.6) is 0 Å². The molecule has 0 fully saturated rings. The van der Waals surface area contributed by atoms with Crippen molar-refractivity contribution in [3.05, 3.63) is 64.0 Å². The summed E-state index contributed by atoms with van der Waals surface area (Å²) in [5.41, 5.74) is 5.41. The topological polar surface area (TPSA) is 74.3 Å². The number of benzene rings is 2. The first kappa shape index (κ1) is 21.7. The van der Waals surface area contributed by atoms with Gasteiger partial charge in [-0.2, -0.15) is 0 Å². The Hall–Kier alpha value is -3.03. The Morgan fingerprint density at radius 1 is 0.967 bits per heavy atom. The Labute approximate surface area is 181 Å². The molecule has 3 aromatic rings. The number of aromatic nitrogens is 1. The summed E-state index contributed by atoms with van der Waals surface area (Å²) in [6.07, 6.45) is 0. The second-order valence-electron chi connectivity index (χ2n) is 7.37. The van der Waals surface area contributed by atoms with Crippen LogP contribution in [0.4, 0.5) is 11.4 Å². The first-order chi connectivity index (χ1) is 14.3. The molecule has 2 N–H and O–H groups in total. The lowest BCUT2D eigenvalue weighted by molar-refractivity contribution is -0.119. The molecule has 0 saturated carbocycles. The normalized spacial score (nSPS) is 10.8. The number of likely N-dealkylation sites (N-methyl/N-ethyl adjacent to an activating group) is 1. The number of hydrogen-bond acceptors (Lipinski definition) is 5. The van der Waals surface area contributed by atoms with Gasteiger partial charge >= 0.3 is 0 Å². The summed E-state index contributed by atoms with van der Waals surface area (Å²) >= 11 is 1.59. The van der Waals surface area contributed by atoms with E-state index in [1.54, 1.807) is 23.3 Å². The number of thiazole rings is 1. The van der Waals surface area contributed by atoms with Gasteiger partial charge in [0.2, 0.25) is 11.8 Å². The Kier molecular flexibility index (Phi) is 6.97. The predicted molar refractivity (Wildman–Crippen MR) is 123 cm³/mol. The number of carbonyl (C=O) groups excluding carboxylic acids is 2. The third kappa shape index (κ3) is 5.75. The van der Waals surface area contributed by atoms with Crippen LogP contribution in [0.2, 0.25) is 0 Å². The van der Waals surface area contributed by atoms with Crippen LogP contribution in [-0.4, -0.2) is 41.8 Å². The van der Waals surface area contributed by atoms with Crippen LogP contribution in [0, 0.1) is 20.8 Å². The SMILES string of the molecule is Cc1nc(-c2cccc(NC(=O)CN(C)CC(=O)Nc3c(C)cccc3C)c2)cs1. The highest BCUT2D eigenvalue weighted by molar-refractivity contribution is 7.09. The average Bonchev–Trinajstić information content (AvgIpc) is 3.11. The van der Waals surface area contributed by atoms with E-state index in [9.17, 15) is 9.59 Å². The van der Waals surface area contributed by atoms with Crippen molar-refractivity contribution in [1.82, 2.24) is 9.88 Å². The summed E-state index contributed by atoms with van der Waals surface area (Å²) in [7, 11) is 1.75. The van der Waals surface area contributed by atoms with Crippen LogP contribution in [0.25, 0.3) is 11.3 Å². The molecule has 3 rings (SSSR count). The van der Waals surface area contributed by atoms with Crippen molar-refractivity contribution in [2.24, 2.45) is 0 Å². The van der Waals surface area contributed by atoms with E-state index in [0.29, 0.717) is 5.69 Å². The highest BCUT2D eigenvalue weighted by atomic mass is 32.1. The molecule has 30 heavy (non-hydrogen) atoms. The van der Waals surface area contributed by atoms with Gasteiger partial charge in [-0.1, -0.05) is 30.3 Å². The molecule has 1 aromatic heterocycles. The molecule has 2 aromatic carbocycles. The lowest BCUT2D eigenvalue weighted by atomic mass is 10.1. The van der Waals surface area contributed by atoms with Gasteiger partial charge in [0.25, 0.3) is 0 Å². The van der Waals surface area contributed by atoms with E-state index in [-0.39, 0.29) is 24.9 Å². The number of carbonyl (C=O) groups is 2. The molecule has 7 heteroatoms. The van der Waals surface area contributed by atoms with Crippen molar-refractivity contribution < 1.29 is 9.59 Å². The number of rotatable bonds is 7. The maximum Gasteiger partial charge on any atom is 0.238 e. The number of para-hydroxylation sites is 1. The van der Waals surface area contributed by atoms with Crippen molar-refractivity contribution in [1.29, 1.82) is 0 Å². The zero-order chi connectivity index (χ0) is 21.7. The molecule has 0 radical (unpaired) electrons. The quantitative estimate of drug-likeness (QED) is 0.597. The number of amides is 2. The lowest BCUT2D eigenvalue weighted by Gasteiger charge is -2.17. The summed E-state index contributed by atoms with van der Waals surface area (Å²) in [6, 6.07) is 13.5. The minimum absolute atomic E-state index is 0.111. The minimum atomic E-state index is -0.177. The molecule has 0 aliphatic heterocycles. The Morgan fingerprint density at radius 3 is 2.23 bits per heavy atom. The van der Waals surface area contributed by atoms with Crippen LogP contribution in [-0.2, 0) is 9.59 Å². The van der Waals surface area contributed by atoms with Gasteiger partial charge in [-0.05, 0) is 51.1 Å². The highest BCUT2D eigenvalue weighted by Crippen LogP contribution is 2.24. The first-order valence-corrected chi connectivity index (χ1v) is 10.6. The fraction of sp³-hybridized carbons (Fsp3) is 0.261. The van der Waals surface area contributed by atoms with Gasteiger partial charge in [0.1, 0.15) is 0 Å². The van der Waals surface area contributed by atoms with Crippen molar-refractivity contribution in [2.75, 3.05) is 30.8 Å². The van der Waals surface area contributed by atoms with Crippen molar-refractivity contribution in [3.8, 4) is 11.3 Å². The van der Waals surface area contributed by atoms with E-state index in [2.05, 4.69) is 15.6 Å². The van der Waals surface area contributed by atoms with E-state index in [0.717, 1.165) is 33.1 Å². The molecule has 2 amide bonds. The van der Waals surface area contributed by atoms with E-state index in [1.165, 1.54) is 0 Å². The maximum atomic E-state index is 12.4. The zero-order valence-corrected chi connectivity index (χ0v) is 18.5. The molecule has 1 heterocycles. The number of hydrogen-bond donors (Lipinski definition) is 2. The molecule has 0 unspecified atom stereocenters. The van der Waals surface area contributed by atoms with Gasteiger partial charge in [0.05, 0.1) is 23.8 Å². The standard InChI is InChI=1S/C23H26N4O2S/c1-15-7-5-8-16(2)23(15)26-22(29)13-27(4)12-21(28)25-19-10-6-9-18(11-19)20-14-30-17(3)24-20/h5-11,14H,12-13H2,1-4H3,(H,25,28)(H,26,29). The van der Waals surface area contributed by atoms with Crippen LogP contribution >= 0.6 is 11.3 Å². The molecule has 0 atom stereocenters. The maximum absolute atomic E-state index is 12.4. The van der Waals surface area contributed by atoms with Crippen LogP contribution < -0.4 is 10.6 Å². The molecule has 0 aliphatic rings. The van der Waals surface area contributed by atoms with Crippen LogP contribution in [0.15, 0.2) is 47.8 Å². The third-order valence-electron chi connectivity index (χ3n) is 4.63. The summed E-state index contributed by atoms with van der Waals surface area (Å²) < 4.78 is 0. The monoisotopic (exact) mass is 422 g/mol. The van der Waals surface area contributed by atoms with Crippen LogP contribution in [0.1, 0.15) is 16.1 Å². The highest BCUT2D eigenvalue weighted by Gasteiger charge is 2.13. The first-order valence-electron chi connectivity index (χ1n) is 9.69. The molecular formula is C23H26N4O2S. The Balaban J connectivity index is 1.54. The summed E-state index contributed by atoms with van der Waals surface area (Å²) in [5.74, 6) is -0.326. The third-order valence-corrected chi connectivity index (χ3v) is 5.41. The van der Waals surface area contributed by atoms with E-state index in [1.807, 2.05) is 68.6 Å². The average molecular weight is 423 g/mol. The molecule has 0 spiro atoms. The Bertz CT molecular complexity index is 1040. The number of nitrogens with one attached hydrogen (secondary N) is 2. The van der Waals surface area contributed by atoms with Gasteiger partial charge in [-0.25, -0.2) is 4.98 Å². The summed E-state index contributed by atoms with van der Waals surface area (Å²) in [4.78, 5) is 31.0. The molecular weight excluding hydrogens is 396 g/mol. The molecule has 0 aliphatic carbocycles. The molecule has 156 valence electrons. The van der Waals surface area contributed by atoms with Crippen molar-refractivity contribution in [2.45, 2.75) is 20.8 Å². The smallest absolute Gasteiger partial charge is 0.238 e. The van der Waals surface area contributed by atoms with Crippen molar-refractivity contribution in [3.63, 3.8) is 0 Å². The lowest BCUT2D eigenvalue weighted by Crippen LogP contribution is -2.36. The van der Waals surface area contributed by atoms with E-state index >= 15 is 0 Å². The fourth-order valence-electron chi connectivity index (χ4n) is 3.19. The fourth-order valence-corrected chi connectivity index (χ4v) is 3.81. The van der Waals surface area contributed by atoms with Crippen molar-refractivity contribution >= 4 is 34.5 Å². The van der Waals surface area contributed by atoms with Gasteiger partial charge in [0, 0.05) is 22.3 Å². The predicted octanol–water partition coefficient (Wildman–Crippen LogP) is 4.24. The molecule has 6 nitrogen and oxygen atoms in total. The number of aryl methyl sites for hydroxylation is 3. The second kappa shape index (κ2) is 9.65. The summed E-state index contributed by atoms with van der Waals surface area (Å²) in [5, 5.41) is 8.83. The van der Waals surface area contributed by atoms with Gasteiger partial charge in [-0.3, -0.25) is 14.5 Å². The largest absolute Gasteiger partial charge is 0.325 e. The Morgan fingerprint density at radius 2 is 1.60 bits per heavy atom. The zero-order valence-electron chi connectivity index (χ0n) is 17.7. The second-order valence-corrected chi connectivity index (χ2v) is 8.43. The number of nitrogens with zero attached hydrogens (tertiary/aromatic N) is 2. The van der Waals surface area contributed by atoms with Gasteiger partial charge < -0.3 is 10.6 Å². The van der Waals surface area contributed by atoms with E-state index < -0.39 is 0 Å².